The summed E-state index contributed by atoms with van der Waals surface area (Å²) < 4.78 is 0. The largest absolute Gasteiger partial charge is 0.355 e. The van der Waals surface area contributed by atoms with Crippen LogP contribution in [0.3, 0.4) is 0 Å². The van der Waals surface area contributed by atoms with E-state index >= 15 is 0 Å². The van der Waals surface area contributed by atoms with Gasteiger partial charge in [0.15, 0.2) is 0 Å². The first-order valence-electron chi connectivity index (χ1n) is 5.85. The van der Waals surface area contributed by atoms with Gasteiger partial charge in [-0.3, -0.25) is 9.59 Å². The molecule has 4 N–H and O–H groups in total. The van der Waals surface area contributed by atoms with Gasteiger partial charge in [0, 0.05) is 7.05 Å². The topological polar surface area (TPSA) is 84.2 Å². The molecule has 1 rings (SSSR count). The smallest absolute Gasteiger partial charge is 0.253 e. The van der Waals surface area contributed by atoms with Crippen molar-refractivity contribution in [2.24, 2.45) is 11.7 Å². The number of hydrogen-bond donors (Lipinski definition) is 3. The summed E-state index contributed by atoms with van der Waals surface area (Å²) in [4.78, 5) is 23.5. The molecule has 0 fully saturated rings. The summed E-state index contributed by atoms with van der Waals surface area (Å²) in [7, 11) is 1.54. The maximum absolute atomic E-state index is 11.8. The fourth-order valence-electron chi connectivity index (χ4n) is 1.44. The Hall–Kier alpha value is -1.88. The normalized spacial score (nSPS) is 12.1. The molecule has 1 atom stereocenters. The molecule has 0 aromatic heterocycles. The summed E-state index contributed by atoms with van der Waals surface area (Å²) in [5.41, 5.74) is 6.64. The van der Waals surface area contributed by atoms with Crippen LogP contribution in [0.25, 0.3) is 0 Å². The van der Waals surface area contributed by atoms with Crippen molar-refractivity contribution in [3.8, 4) is 0 Å². The van der Waals surface area contributed by atoms with Gasteiger partial charge in [-0.2, -0.15) is 0 Å². The number of benzene rings is 1. The first-order chi connectivity index (χ1) is 8.47. The number of nitrogens with two attached hydrogens (primary N) is 1. The Balaban J connectivity index is 2.91. The van der Waals surface area contributed by atoms with Crippen LogP contribution in [0.4, 0.5) is 5.69 Å². The molecule has 18 heavy (non-hydrogen) atoms. The van der Waals surface area contributed by atoms with Crippen molar-refractivity contribution in [1.82, 2.24) is 5.32 Å². The standard InChI is InChI=1S/C13H19N3O2/c1-8(2)11(14)13(18)16-10-7-5-4-6-9(10)12(17)15-3/h4-8,11H,14H2,1-3H3,(H,15,17)(H,16,18). The Morgan fingerprint density at radius 1 is 1.22 bits per heavy atom. The van der Waals surface area contributed by atoms with E-state index in [-0.39, 0.29) is 17.7 Å². The highest BCUT2D eigenvalue weighted by Crippen LogP contribution is 2.15. The van der Waals surface area contributed by atoms with Crippen molar-refractivity contribution in [2.45, 2.75) is 19.9 Å². The van der Waals surface area contributed by atoms with E-state index in [0.717, 1.165) is 0 Å². The van der Waals surface area contributed by atoms with Crippen molar-refractivity contribution < 1.29 is 9.59 Å². The zero-order valence-electron chi connectivity index (χ0n) is 10.9. The van der Waals surface area contributed by atoms with Crippen molar-refractivity contribution in [3.05, 3.63) is 29.8 Å². The van der Waals surface area contributed by atoms with E-state index in [0.29, 0.717) is 11.3 Å². The number of nitrogens with one attached hydrogen (secondary N) is 2. The summed E-state index contributed by atoms with van der Waals surface area (Å²) in [6.07, 6.45) is 0. The molecule has 0 aliphatic carbocycles. The van der Waals surface area contributed by atoms with Gasteiger partial charge in [0.2, 0.25) is 5.91 Å². The van der Waals surface area contributed by atoms with E-state index in [1.165, 1.54) is 0 Å². The lowest BCUT2D eigenvalue weighted by molar-refractivity contribution is -0.118. The van der Waals surface area contributed by atoms with Gasteiger partial charge in [0.1, 0.15) is 0 Å². The Labute approximate surface area is 107 Å². The minimum Gasteiger partial charge on any atom is -0.355 e. The van der Waals surface area contributed by atoms with Crippen LogP contribution in [0.2, 0.25) is 0 Å². The zero-order valence-corrected chi connectivity index (χ0v) is 10.9. The Kier molecular flexibility index (Phi) is 4.85. The fraction of sp³-hybridized carbons (Fsp3) is 0.385. The number of rotatable bonds is 4. The van der Waals surface area contributed by atoms with E-state index in [1.807, 2.05) is 13.8 Å². The number of para-hydroxylation sites is 1. The van der Waals surface area contributed by atoms with Crippen LogP contribution in [0.5, 0.6) is 0 Å². The second kappa shape index (κ2) is 6.16. The number of carbonyl (C=O) groups excluding carboxylic acids is 2. The van der Waals surface area contributed by atoms with Crippen LogP contribution >= 0.6 is 0 Å². The Bertz CT molecular complexity index is 444. The molecule has 0 radical (unpaired) electrons. The molecule has 1 aromatic rings. The average molecular weight is 249 g/mol. The first kappa shape index (κ1) is 14.2. The van der Waals surface area contributed by atoms with Crippen LogP contribution in [0, 0.1) is 5.92 Å². The lowest BCUT2D eigenvalue weighted by Gasteiger charge is -2.16. The van der Waals surface area contributed by atoms with Gasteiger partial charge >= 0.3 is 0 Å². The zero-order chi connectivity index (χ0) is 13.7. The van der Waals surface area contributed by atoms with Crippen LogP contribution in [0.1, 0.15) is 24.2 Å². The lowest BCUT2D eigenvalue weighted by Crippen LogP contribution is -2.40. The fourth-order valence-corrected chi connectivity index (χ4v) is 1.44. The van der Waals surface area contributed by atoms with E-state index in [4.69, 9.17) is 5.73 Å². The maximum Gasteiger partial charge on any atom is 0.253 e. The summed E-state index contributed by atoms with van der Waals surface area (Å²) in [6, 6.07) is 6.22. The summed E-state index contributed by atoms with van der Waals surface area (Å²) in [5, 5.41) is 5.21. The van der Waals surface area contributed by atoms with Crippen LogP contribution in [-0.2, 0) is 4.79 Å². The molecule has 0 bridgehead atoms. The number of amides is 2. The monoisotopic (exact) mass is 249 g/mol. The molecule has 0 saturated heterocycles. The molecule has 98 valence electrons. The molecular weight excluding hydrogens is 230 g/mol. The minimum absolute atomic E-state index is 0.0390. The summed E-state index contributed by atoms with van der Waals surface area (Å²) in [5.74, 6) is -0.498. The van der Waals surface area contributed by atoms with E-state index in [2.05, 4.69) is 10.6 Å². The first-order valence-corrected chi connectivity index (χ1v) is 5.85. The van der Waals surface area contributed by atoms with Gasteiger partial charge in [0.05, 0.1) is 17.3 Å². The molecule has 5 nitrogen and oxygen atoms in total. The SMILES string of the molecule is CNC(=O)c1ccccc1NC(=O)C(N)C(C)C. The highest BCUT2D eigenvalue weighted by Gasteiger charge is 2.19. The molecule has 1 aromatic carbocycles. The van der Waals surface area contributed by atoms with Crippen LogP contribution < -0.4 is 16.4 Å². The molecule has 1 unspecified atom stereocenters. The van der Waals surface area contributed by atoms with Gasteiger partial charge < -0.3 is 16.4 Å². The number of carbonyl (C=O) groups is 2. The second-order valence-corrected chi connectivity index (χ2v) is 4.38. The molecule has 2 amide bonds. The number of hydrogen-bond acceptors (Lipinski definition) is 3. The molecule has 0 heterocycles. The third kappa shape index (κ3) is 3.30. The van der Waals surface area contributed by atoms with Crippen LogP contribution in [-0.4, -0.2) is 24.9 Å². The molecule has 5 heteroatoms. The molecular formula is C13H19N3O2. The molecule has 0 aliphatic rings. The summed E-state index contributed by atoms with van der Waals surface area (Å²) >= 11 is 0. The number of anilines is 1. The van der Waals surface area contributed by atoms with E-state index < -0.39 is 6.04 Å². The Morgan fingerprint density at radius 2 is 1.83 bits per heavy atom. The molecule has 0 saturated carbocycles. The average Bonchev–Trinajstić information content (AvgIpc) is 2.37. The molecule has 0 aliphatic heterocycles. The van der Waals surface area contributed by atoms with Gasteiger partial charge in [-0.05, 0) is 18.1 Å². The molecule has 0 spiro atoms. The van der Waals surface area contributed by atoms with Gasteiger partial charge in [-0.15, -0.1) is 0 Å². The summed E-state index contributed by atoms with van der Waals surface area (Å²) in [6.45, 7) is 3.74. The minimum atomic E-state index is -0.595. The van der Waals surface area contributed by atoms with Gasteiger partial charge in [-0.1, -0.05) is 26.0 Å². The highest BCUT2D eigenvalue weighted by molar-refractivity contribution is 6.04. The van der Waals surface area contributed by atoms with Crippen molar-refractivity contribution >= 4 is 17.5 Å². The quantitative estimate of drug-likeness (QED) is 0.743. The van der Waals surface area contributed by atoms with Gasteiger partial charge in [0.25, 0.3) is 5.91 Å². The van der Waals surface area contributed by atoms with Crippen LogP contribution in [0.15, 0.2) is 24.3 Å². The second-order valence-electron chi connectivity index (χ2n) is 4.38. The van der Waals surface area contributed by atoms with Crippen molar-refractivity contribution in [1.29, 1.82) is 0 Å². The van der Waals surface area contributed by atoms with Gasteiger partial charge in [-0.25, -0.2) is 0 Å². The predicted molar refractivity (Wildman–Crippen MR) is 71.3 cm³/mol. The third-order valence-corrected chi connectivity index (χ3v) is 2.68. The van der Waals surface area contributed by atoms with E-state index in [9.17, 15) is 9.59 Å². The predicted octanol–water partition coefficient (Wildman–Crippen LogP) is 0.968. The Morgan fingerprint density at radius 3 is 2.39 bits per heavy atom. The lowest BCUT2D eigenvalue weighted by atomic mass is 10.0. The van der Waals surface area contributed by atoms with Crippen molar-refractivity contribution in [3.63, 3.8) is 0 Å². The highest BCUT2D eigenvalue weighted by atomic mass is 16.2. The van der Waals surface area contributed by atoms with Crippen molar-refractivity contribution in [2.75, 3.05) is 12.4 Å². The maximum atomic E-state index is 11.8. The third-order valence-electron chi connectivity index (χ3n) is 2.68. The van der Waals surface area contributed by atoms with E-state index in [1.54, 1.807) is 31.3 Å².